The van der Waals surface area contributed by atoms with Gasteiger partial charge < -0.3 is 11.1 Å². The second-order valence-corrected chi connectivity index (χ2v) is 4.71. The van der Waals surface area contributed by atoms with Crippen molar-refractivity contribution in [2.45, 2.75) is 44.9 Å². The zero-order valence-corrected chi connectivity index (χ0v) is 9.78. The van der Waals surface area contributed by atoms with Gasteiger partial charge in [-0.15, -0.1) is 0 Å². The predicted molar refractivity (Wildman–Crippen MR) is 61.5 cm³/mol. The van der Waals surface area contributed by atoms with Gasteiger partial charge in [0, 0.05) is 6.04 Å². The normalized spacial score (nSPS) is 14.5. The van der Waals surface area contributed by atoms with E-state index in [0.717, 1.165) is 24.6 Å². The quantitative estimate of drug-likeness (QED) is 0.480. The summed E-state index contributed by atoms with van der Waals surface area (Å²) >= 11 is 1.07. The van der Waals surface area contributed by atoms with Crippen molar-refractivity contribution in [1.29, 1.82) is 5.41 Å². The average molecular weight is 217 g/mol. The summed E-state index contributed by atoms with van der Waals surface area (Å²) in [5, 5.41) is 9.61. The molecule has 0 heterocycles. The predicted octanol–water partition coefficient (Wildman–Crippen LogP) is 1.31. The Balaban J connectivity index is 3.88. The third-order valence-corrected chi connectivity index (χ3v) is 2.60. The first-order valence-corrected chi connectivity index (χ1v) is 5.66. The molecule has 0 saturated carbocycles. The Hall–Kier alpha value is -0.710. The van der Waals surface area contributed by atoms with Gasteiger partial charge >= 0.3 is 0 Å². The van der Waals surface area contributed by atoms with Crippen molar-refractivity contribution < 1.29 is 4.79 Å². The van der Waals surface area contributed by atoms with E-state index in [4.69, 9.17) is 11.1 Å². The van der Waals surface area contributed by atoms with Crippen LogP contribution < -0.4 is 11.1 Å². The lowest BCUT2D eigenvalue weighted by Gasteiger charge is -2.16. The topological polar surface area (TPSA) is 79.0 Å². The third kappa shape index (κ3) is 5.85. The number of carbonyl (C=O) groups is 1. The highest BCUT2D eigenvalue weighted by Gasteiger charge is 2.16. The summed E-state index contributed by atoms with van der Waals surface area (Å²) in [4.78, 5) is 11.5. The molecule has 0 aliphatic heterocycles. The maximum Gasteiger partial charge on any atom is 0.233 e. The zero-order valence-electron chi connectivity index (χ0n) is 8.96. The molecule has 0 aromatic heterocycles. The van der Waals surface area contributed by atoms with Crippen molar-refractivity contribution in [3.63, 3.8) is 0 Å². The number of rotatable bonds is 5. The fraction of sp³-hybridized carbons (Fsp3) is 0.778. The molecular weight excluding hydrogens is 198 g/mol. The summed E-state index contributed by atoms with van der Waals surface area (Å²) in [6.45, 7) is 5.81. The van der Waals surface area contributed by atoms with Gasteiger partial charge in [-0.2, -0.15) is 0 Å². The summed E-state index contributed by atoms with van der Waals surface area (Å²) in [5.41, 5.74) is 5.19. The molecule has 4 nitrogen and oxygen atoms in total. The van der Waals surface area contributed by atoms with Crippen molar-refractivity contribution in [2.24, 2.45) is 5.73 Å². The second kappa shape index (κ2) is 6.70. The molecule has 0 spiro atoms. The maximum atomic E-state index is 11.5. The van der Waals surface area contributed by atoms with E-state index in [2.05, 4.69) is 12.2 Å². The number of thioether (sulfide) groups is 1. The van der Waals surface area contributed by atoms with Gasteiger partial charge in [0.2, 0.25) is 5.91 Å². The largest absolute Gasteiger partial charge is 0.379 e. The fourth-order valence-electron chi connectivity index (χ4n) is 1.11. The van der Waals surface area contributed by atoms with Crippen LogP contribution in [0.3, 0.4) is 0 Å². The molecule has 4 N–H and O–H groups in total. The van der Waals surface area contributed by atoms with E-state index in [1.165, 1.54) is 0 Å². The van der Waals surface area contributed by atoms with Gasteiger partial charge in [0.1, 0.15) is 0 Å². The lowest BCUT2D eigenvalue weighted by atomic mass is 10.2. The van der Waals surface area contributed by atoms with Crippen LogP contribution >= 0.6 is 11.8 Å². The highest BCUT2D eigenvalue weighted by molar-refractivity contribution is 8.14. The molecule has 14 heavy (non-hydrogen) atoms. The average Bonchev–Trinajstić information content (AvgIpc) is 2.02. The molecule has 2 atom stereocenters. The van der Waals surface area contributed by atoms with E-state index in [-0.39, 0.29) is 22.4 Å². The molecule has 2 unspecified atom stereocenters. The van der Waals surface area contributed by atoms with Crippen molar-refractivity contribution in [3.8, 4) is 0 Å². The first kappa shape index (κ1) is 13.3. The van der Waals surface area contributed by atoms with E-state index in [1.54, 1.807) is 6.92 Å². The van der Waals surface area contributed by atoms with Crippen LogP contribution in [0.5, 0.6) is 0 Å². The Kier molecular flexibility index (Phi) is 6.36. The summed E-state index contributed by atoms with van der Waals surface area (Å²) in [5.74, 6) is -0.0499. The molecule has 0 aliphatic rings. The van der Waals surface area contributed by atoms with Gasteiger partial charge in [0.15, 0.2) is 5.17 Å². The molecule has 0 radical (unpaired) electrons. The monoisotopic (exact) mass is 217 g/mol. The zero-order chi connectivity index (χ0) is 11.1. The van der Waals surface area contributed by atoms with Crippen LogP contribution in [-0.4, -0.2) is 22.4 Å². The van der Waals surface area contributed by atoms with Gasteiger partial charge in [-0.25, -0.2) is 0 Å². The van der Waals surface area contributed by atoms with Gasteiger partial charge in [0.05, 0.1) is 5.25 Å². The Morgan fingerprint density at radius 3 is 2.57 bits per heavy atom. The first-order chi connectivity index (χ1) is 6.47. The van der Waals surface area contributed by atoms with Gasteiger partial charge in [0.25, 0.3) is 0 Å². The smallest absolute Gasteiger partial charge is 0.233 e. The lowest BCUT2D eigenvalue weighted by Crippen LogP contribution is -2.38. The molecule has 0 rings (SSSR count). The molecule has 1 amide bonds. The SMILES string of the molecule is CCCC(C)NC(=O)C(C)SC(=N)N. The van der Waals surface area contributed by atoms with Crippen LogP contribution in [0, 0.1) is 5.41 Å². The van der Waals surface area contributed by atoms with Crippen molar-refractivity contribution in [3.05, 3.63) is 0 Å². The van der Waals surface area contributed by atoms with E-state index in [1.807, 2.05) is 6.92 Å². The van der Waals surface area contributed by atoms with Crippen molar-refractivity contribution in [2.75, 3.05) is 0 Å². The molecule has 0 saturated heterocycles. The van der Waals surface area contributed by atoms with Gasteiger partial charge in [-0.1, -0.05) is 25.1 Å². The first-order valence-electron chi connectivity index (χ1n) is 4.78. The molecular formula is C9H19N3OS. The molecule has 0 bridgehead atoms. The number of hydrogen-bond donors (Lipinski definition) is 3. The van der Waals surface area contributed by atoms with E-state index in [0.29, 0.717) is 0 Å². The third-order valence-electron chi connectivity index (χ3n) is 1.78. The summed E-state index contributed by atoms with van der Waals surface area (Å²) in [6, 6.07) is 0.197. The molecule has 5 heteroatoms. The lowest BCUT2D eigenvalue weighted by molar-refractivity contribution is -0.120. The molecule has 82 valence electrons. The van der Waals surface area contributed by atoms with Crippen molar-refractivity contribution in [1.82, 2.24) is 5.32 Å². The maximum absolute atomic E-state index is 11.5. The Labute approximate surface area is 89.5 Å². The number of hydrogen-bond acceptors (Lipinski definition) is 3. The van der Waals surface area contributed by atoms with Gasteiger partial charge in [-0.05, 0) is 20.3 Å². The number of amides is 1. The number of amidine groups is 1. The minimum Gasteiger partial charge on any atom is -0.379 e. The summed E-state index contributed by atoms with van der Waals surface area (Å²) in [7, 11) is 0. The Morgan fingerprint density at radius 2 is 2.14 bits per heavy atom. The number of nitrogens with two attached hydrogens (primary N) is 1. The highest BCUT2D eigenvalue weighted by atomic mass is 32.2. The molecule has 0 aromatic rings. The number of nitrogens with one attached hydrogen (secondary N) is 2. The van der Waals surface area contributed by atoms with E-state index >= 15 is 0 Å². The van der Waals surface area contributed by atoms with Crippen LogP contribution in [0.4, 0.5) is 0 Å². The van der Waals surface area contributed by atoms with Crippen molar-refractivity contribution >= 4 is 22.8 Å². The van der Waals surface area contributed by atoms with Crippen LogP contribution in [0.15, 0.2) is 0 Å². The second-order valence-electron chi connectivity index (χ2n) is 3.32. The minimum absolute atomic E-state index is 0.0178. The Bertz CT molecular complexity index is 208. The van der Waals surface area contributed by atoms with Crippen LogP contribution in [0.1, 0.15) is 33.6 Å². The van der Waals surface area contributed by atoms with E-state index < -0.39 is 0 Å². The molecule has 0 aromatic carbocycles. The van der Waals surface area contributed by atoms with Crippen LogP contribution in [-0.2, 0) is 4.79 Å². The summed E-state index contributed by atoms with van der Waals surface area (Å²) in [6.07, 6.45) is 2.03. The molecule has 0 aliphatic carbocycles. The van der Waals surface area contributed by atoms with Crippen LogP contribution in [0.25, 0.3) is 0 Å². The highest BCUT2D eigenvalue weighted by Crippen LogP contribution is 2.09. The van der Waals surface area contributed by atoms with Gasteiger partial charge in [-0.3, -0.25) is 10.2 Å². The van der Waals surface area contributed by atoms with Crippen LogP contribution in [0.2, 0.25) is 0 Å². The van der Waals surface area contributed by atoms with E-state index in [9.17, 15) is 4.79 Å². The Morgan fingerprint density at radius 1 is 1.57 bits per heavy atom. The standard InChI is InChI=1S/C9H19N3OS/c1-4-5-6(2)12-8(13)7(3)14-9(10)11/h6-7H,4-5H2,1-3H3,(H3,10,11)(H,12,13). The summed E-state index contributed by atoms with van der Waals surface area (Å²) < 4.78 is 0. The fourth-order valence-corrected chi connectivity index (χ4v) is 1.67. The minimum atomic E-state index is -0.285. The number of carbonyl (C=O) groups excluding carboxylic acids is 1. The molecule has 0 fully saturated rings.